The van der Waals surface area contributed by atoms with Gasteiger partial charge < -0.3 is 0 Å². The highest BCUT2D eigenvalue weighted by molar-refractivity contribution is 7.18. The fourth-order valence-electron chi connectivity index (χ4n) is 3.95. The van der Waals surface area contributed by atoms with Crippen LogP contribution < -0.4 is 11.0 Å². The molecule has 0 fully saturated rings. The second kappa shape index (κ2) is 8.65. The van der Waals surface area contributed by atoms with Crippen molar-refractivity contribution in [2.75, 3.05) is 5.43 Å². The maximum Gasteiger partial charge on any atom is 0.264 e. The second-order valence-corrected chi connectivity index (χ2v) is 9.14. The Morgan fingerprint density at radius 2 is 1.87 bits per heavy atom. The summed E-state index contributed by atoms with van der Waals surface area (Å²) in [7, 11) is 0. The van der Waals surface area contributed by atoms with E-state index in [0.29, 0.717) is 17.5 Å². The van der Waals surface area contributed by atoms with Crippen LogP contribution in [0.3, 0.4) is 0 Å². The lowest BCUT2D eigenvalue weighted by Gasteiger charge is -2.13. The molecule has 0 aliphatic heterocycles. The van der Waals surface area contributed by atoms with Crippen LogP contribution in [0.5, 0.6) is 0 Å². The highest BCUT2D eigenvalue weighted by Gasteiger charge is 2.22. The van der Waals surface area contributed by atoms with E-state index in [1.807, 2.05) is 54.6 Å². The quantitative estimate of drug-likeness (QED) is 0.324. The molecule has 5 rings (SSSR count). The van der Waals surface area contributed by atoms with Crippen molar-refractivity contribution in [3.63, 3.8) is 0 Å². The summed E-state index contributed by atoms with van der Waals surface area (Å²) in [5.41, 5.74) is 6.14. The van der Waals surface area contributed by atoms with Gasteiger partial charge in [-0.25, -0.2) is 10.4 Å². The van der Waals surface area contributed by atoms with E-state index in [2.05, 4.69) is 10.5 Å². The topological polar surface area (TPSA) is 59.3 Å². The molecular weight excluding hydrogens is 428 g/mol. The molecule has 156 valence electrons. The molecule has 4 aromatic rings. The van der Waals surface area contributed by atoms with Crippen molar-refractivity contribution in [1.82, 2.24) is 9.55 Å². The van der Waals surface area contributed by atoms with Crippen LogP contribution in [0, 0.1) is 0 Å². The first kappa shape index (κ1) is 20.0. The van der Waals surface area contributed by atoms with Gasteiger partial charge in [0.1, 0.15) is 4.83 Å². The number of hydrazone groups is 1. The van der Waals surface area contributed by atoms with E-state index in [1.54, 1.807) is 22.1 Å². The van der Waals surface area contributed by atoms with Crippen LogP contribution in [0.2, 0.25) is 5.02 Å². The third-order valence-corrected chi connectivity index (χ3v) is 6.94. The summed E-state index contributed by atoms with van der Waals surface area (Å²) < 4.78 is 1.69. The molecule has 0 bridgehead atoms. The molecule has 1 N–H and O–H groups in total. The molecule has 0 spiro atoms. The number of benzene rings is 2. The lowest BCUT2D eigenvalue weighted by atomic mass is 9.97. The smallest absolute Gasteiger partial charge is 0.264 e. The predicted octanol–water partition coefficient (Wildman–Crippen LogP) is 5.48. The Hall–Kier alpha value is -2.96. The summed E-state index contributed by atoms with van der Waals surface area (Å²) >= 11 is 7.59. The van der Waals surface area contributed by atoms with Crippen molar-refractivity contribution >= 4 is 45.3 Å². The van der Waals surface area contributed by atoms with E-state index in [9.17, 15) is 4.79 Å². The van der Waals surface area contributed by atoms with Crippen molar-refractivity contribution in [3.05, 3.63) is 91.5 Å². The van der Waals surface area contributed by atoms with E-state index >= 15 is 0 Å². The highest BCUT2D eigenvalue weighted by atomic mass is 35.5. The number of halogens is 1. The van der Waals surface area contributed by atoms with Gasteiger partial charge in [-0.2, -0.15) is 5.10 Å². The molecule has 0 unspecified atom stereocenters. The number of hydrogen-bond donors (Lipinski definition) is 1. The minimum absolute atomic E-state index is 0.00236. The third-order valence-electron chi connectivity index (χ3n) is 5.51. The third kappa shape index (κ3) is 4.13. The van der Waals surface area contributed by atoms with Crippen LogP contribution >= 0.6 is 22.9 Å². The van der Waals surface area contributed by atoms with Crippen LogP contribution in [-0.2, 0) is 19.4 Å². The number of thiophene rings is 1. The number of anilines is 1. The van der Waals surface area contributed by atoms with Crippen molar-refractivity contribution in [2.45, 2.75) is 32.2 Å². The first-order chi connectivity index (χ1) is 15.2. The van der Waals surface area contributed by atoms with Gasteiger partial charge in [-0.1, -0.05) is 54.1 Å². The van der Waals surface area contributed by atoms with Crippen LogP contribution in [0.4, 0.5) is 5.95 Å². The Bertz CT molecular complexity index is 1310. The normalized spacial score (nSPS) is 13.6. The molecular formula is C24H21ClN4OS. The van der Waals surface area contributed by atoms with E-state index < -0.39 is 0 Å². The molecule has 2 aromatic heterocycles. The van der Waals surface area contributed by atoms with Crippen LogP contribution in [0.1, 0.15) is 34.4 Å². The molecule has 0 radical (unpaired) electrons. The molecule has 0 saturated carbocycles. The van der Waals surface area contributed by atoms with Gasteiger partial charge in [0.15, 0.2) is 0 Å². The van der Waals surface area contributed by atoms with Gasteiger partial charge in [0, 0.05) is 9.90 Å². The molecule has 5 nitrogen and oxygen atoms in total. The number of nitrogens with one attached hydrogen (secondary N) is 1. The van der Waals surface area contributed by atoms with Crippen molar-refractivity contribution in [1.29, 1.82) is 0 Å². The fraction of sp³-hybridized carbons (Fsp3) is 0.208. The van der Waals surface area contributed by atoms with Gasteiger partial charge in [0.05, 0.1) is 18.1 Å². The largest absolute Gasteiger partial charge is 0.272 e. The zero-order valence-electron chi connectivity index (χ0n) is 16.8. The van der Waals surface area contributed by atoms with Crippen molar-refractivity contribution < 1.29 is 0 Å². The van der Waals surface area contributed by atoms with E-state index in [0.717, 1.165) is 40.6 Å². The number of aryl methyl sites for hydroxylation is 2. The lowest BCUT2D eigenvalue weighted by molar-refractivity contribution is 0.698. The summed E-state index contributed by atoms with van der Waals surface area (Å²) in [5.74, 6) is 0.449. The van der Waals surface area contributed by atoms with Crippen LogP contribution in [0.25, 0.3) is 10.2 Å². The van der Waals surface area contributed by atoms with Crippen LogP contribution in [0.15, 0.2) is 64.5 Å². The standard InChI is InChI=1S/C24H21ClN4OS/c25-18-12-10-16(11-13-18)14-26-28-24-27-22-21(19-8-4-5-9-20(19)31-22)23(30)29(24)15-17-6-2-1-3-7-17/h1-3,6-7,10-14H,4-5,8-9,15H2,(H,27,28). The van der Waals surface area contributed by atoms with E-state index in [-0.39, 0.29) is 5.56 Å². The molecule has 2 heterocycles. The average molecular weight is 449 g/mol. The first-order valence-electron chi connectivity index (χ1n) is 10.3. The summed E-state index contributed by atoms with van der Waals surface area (Å²) in [6.45, 7) is 0.437. The van der Waals surface area contributed by atoms with Gasteiger partial charge in [0.25, 0.3) is 5.56 Å². The molecule has 7 heteroatoms. The predicted molar refractivity (Wildman–Crippen MR) is 129 cm³/mol. The molecule has 0 atom stereocenters. The summed E-state index contributed by atoms with van der Waals surface area (Å²) in [4.78, 5) is 20.5. The molecule has 1 aliphatic rings. The molecule has 31 heavy (non-hydrogen) atoms. The fourth-order valence-corrected chi connectivity index (χ4v) is 5.33. The first-order valence-corrected chi connectivity index (χ1v) is 11.5. The number of fused-ring (bicyclic) bond motifs is 3. The Kier molecular flexibility index (Phi) is 5.57. The number of rotatable bonds is 5. The lowest BCUT2D eigenvalue weighted by Crippen LogP contribution is -2.25. The average Bonchev–Trinajstić information content (AvgIpc) is 3.17. The summed E-state index contributed by atoms with van der Waals surface area (Å²) in [6.07, 6.45) is 5.99. The number of nitrogens with zero attached hydrogens (tertiary/aromatic N) is 3. The summed E-state index contributed by atoms with van der Waals surface area (Å²) in [6, 6.07) is 17.3. The van der Waals surface area contributed by atoms with Crippen molar-refractivity contribution in [3.8, 4) is 0 Å². The van der Waals surface area contributed by atoms with E-state index in [4.69, 9.17) is 16.6 Å². The maximum absolute atomic E-state index is 13.6. The Morgan fingerprint density at radius 3 is 2.68 bits per heavy atom. The number of aromatic nitrogens is 2. The van der Waals surface area contributed by atoms with Crippen LogP contribution in [-0.4, -0.2) is 15.8 Å². The van der Waals surface area contributed by atoms with Gasteiger partial charge in [-0.3, -0.25) is 9.36 Å². The van der Waals surface area contributed by atoms with Crippen molar-refractivity contribution in [2.24, 2.45) is 5.10 Å². The number of hydrogen-bond acceptors (Lipinski definition) is 5. The monoisotopic (exact) mass is 448 g/mol. The van der Waals surface area contributed by atoms with E-state index in [1.165, 1.54) is 16.9 Å². The minimum Gasteiger partial charge on any atom is -0.272 e. The zero-order chi connectivity index (χ0) is 21.2. The van der Waals surface area contributed by atoms with Gasteiger partial charge in [-0.15, -0.1) is 11.3 Å². The Labute approximate surface area is 189 Å². The molecule has 0 saturated heterocycles. The molecule has 0 amide bonds. The van der Waals surface area contributed by atoms with Gasteiger partial charge in [0.2, 0.25) is 5.95 Å². The minimum atomic E-state index is -0.00236. The van der Waals surface area contributed by atoms with Gasteiger partial charge in [-0.05, 0) is 54.5 Å². The second-order valence-electron chi connectivity index (χ2n) is 7.62. The molecule has 1 aliphatic carbocycles. The Morgan fingerprint density at radius 1 is 1.10 bits per heavy atom. The Balaban J connectivity index is 1.57. The highest BCUT2D eigenvalue weighted by Crippen LogP contribution is 2.34. The summed E-state index contributed by atoms with van der Waals surface area (Å²) in [5, 5.41) is 5.79. The SMILES string of the molecule is O=c1c2c3c(sc2nc(NN=Cc2ccc(Cl)cc2)n1Cc1ccccc1)CCCC3. The van der Waals surface area contributed by atoms with Gasteiger partial charge >= 0.3 is 0 Å². The molecule has 2 aromatic carbocycles. The zero-order valence-corrected chi connectivity index (χ0v) is 18.4. The maximum atomic E-state index is 13.6.